The van der Waals surface area contributed by atoms with Crippen LogP contribution in [0.5, 0.6) is 0 Å². The maximum Gasteiger partial charge on any atom is 0.228 e. The van der Waals surface area contributed by atoms with Crippen molar-refractivity contribution in [2.75, 3.05) is 10.6 Å². The molecule has 1 aliphatic rings. The monoisotopic (exact) mass is 337 g/mol. The summed E-state index contributed by atoms with van der Waals surface area (Å²) in [5.74, 6) is -2.56. The first kappa shape index (κ1) is 17.0. The molecule has 0 radical (unpaired) electrons. The fourth-order valence-electron chi connectivity index (χ4n) is 3.29. The molecule has 2 atom stereocenters. The number of benzene rings is 2. The van der Waals surface area contributed by atoms with E-state index in [1.54, 1.807) is 12.1 Å². The Kier molecular flexibility index (Phi) is 5.33. The highest BCUT2D eigenvalue weighted by molar-refractivity contribution is 5.95. The van der Waals surface area contributed by atoms with Gasteiger partial charge in [0.05, 0.1) is 0 Å². The molecule has 1 aliphatic carbocycles. The molecular formula is C20H21N2O3-. The third-order valence-electron chi connectivity index (χ3n) is 4.62. The third-order valence-corrected chi connectivity index (χ3v) is 4.62. The van der Waals surface area contributed by atoms with E-state index in [1.807, 2.05) is 42.5 Å². The largest absolute Gasteiger partial charge is 0.550 e. The number of hydrogen-bond acceptors (Lipinski definition) is 4. The Morgan fingerprint density at radius 1 is 0.800 bits per heavy atom. The number of carbonyl (C=O) groups excluding carboxylic acids is 2. The van der Waals surface area contributed by atoms with Gasteiger partial charge in [-0.3, -0.25) is 4.79 Å². The molecule has 0 saturated heterocycles. The van der Waals surface area contributed by atoms with Crippen molar-refractivity contribution in [3.63, 3.8) is 0 Å². The molecule has 1 amide bonds. The van der Waals surface area contributed by atoms with E-state index in [0.29, 0.717) is 18.5 Å². The number of aliphatic carboxylic acids is 1. The number of nitrogens with one attached hydrogen (secondary N) is 2. The quantitative estimate of drug-likeness (QED) is 0.879. The van der Waals surface area contributed by atoms with Crippen LogP contribution in [0.1, 0.15) is 25.7 Å². The zero-order valence-electron chi connectivity index (χ0n) is 13.9. The van der Waals surface area contributed by atoms with Gasteiger partial charge in [0.15, 0.2) is 0 Å². The highest BCUT2D eigenvalue weighted by atomic mass is 16.4. The molecule has 0 heterocycles. The fourth-order valence-corrected chi connectivity index (χ4v) is 3.29. The molecule has 5 heteroatoms. The van der Waals surface area contributed by atoms with E-state index >= 15 is 0 Å². The average Bonchev–Trinajstić information content (AvgIpc) is 2.64. The fraction of sp³-hybridized carbons (Fsp3) is 0.300. The molecule has 25 heavy (non-hydrogen) atoms. The molecule has 1 saturated carbocycles. The van der Waals surface area contributed by atoms with Gasteiger partial charge in [0.2, 0.25) is 5.91 Å². The molecule has 0 aromatic heterocycles. The van der Waals surface area contributed by atoms with Crippen LogP contribution < -0.4 is 15.7 Å². The third kappa shape index (κ3) is 4.38. The Morgan fingerprint density at radius 2 is 1.36 bits per heavy atom. The standard InChI is InChI=1S/C20H22N2O3/c23-19(17-8-4-5-9-18(17)20(24)25)22-16-12-10-15(11-13-16)21-14-6-2-1-3-7-14/h1-3,6-7,10-13,17-18,21H,4-5,8-9H2,(H,22,23)(H,24,25)/p-1/t17-,18-/m0/s1. The van der Waals surface area contributed by atoms with Crippen LogP contribution in [0.15, 0.2) is 54.6 Å². The van der Waals surface area contributed by atoms with Crippen LogP contribution >= 0.6 is 0 Å². The second-order valence-corrected chi connectivity index (χ2v) is 6.37. The minimum absolute atomic E-state index is 0.238. The lowest BCUT2D eigenvalue weighted by Gasteiger charge is -2.31. The summed E-state index contributed by atoms with van der Waals surface area (Å²) in [7, 11) is 0. The number of para-hydroxylation sites is 1. The minimum Gasteiger partial charge on any atom is -0.550 e. The molecule has 130 valence electrons. The van der Waals surface area contributed by atoms with Gasteiger partial charge in [0.25, 0.3) is 0 Å². The Hall–Kier alpha value is -2.82. The first-order valence-corrected chi connectivity index (χ1v) is 8.57. The van der Waals surface area contributed by atoms with E-state index in [1.165, 1.54) is 0 Å². The van der Waals surface area contributed by atoms with Crippen molar-refractivity contribution in [2.24, 2.45) is 11.8 Å². The number of carboxylic acid groups (broad SMARTS) is 1. The number of anilines is 3. The molecule has 2 aromatic rings. The van der Waals surface area contributed by atoms with Crippen LogP contribution in [0.2, 0.25) is 0 Å². The van der Waals surface area contributed by atoms with Crippen molar-refractivity contribution in [2.45, 2.75) is 25.7 Å². The number of amides is 1. The molecule has 0 aliphatic heterocycles. The summed E-state index contributed by atoms with van der Waals surface area (Å²) in [6.07, 6.45) is 2.82. The van der Waals surface area contributed by atoms with Gasteiger partial charge in [-0.1, -0.05) is 31.0 Å². The maximum atomic E-state index is 12.4. The summed E-state index contributed by atoms with van der Waals surface area (Å²) in [6, 6.07) is 17.2. The molecule has 0 bridgehead atoms. The maximum absolute atomic E-state index is 12.4. The normalized spacial score (nSPS) is 19.8. The summed E-state index contributed by atoms with van der Waals surface area (Å²) in [5.41, 5.74) is 2.55. The first-order valence-electron chi connectivity index (χ1n) is 8.57. The second kappa shape index (κ2) is 7.83. The van der Waals surface area contributed by atoms with Crippen LogP contribution in [0.4, 0.5) is 17.1 Å². The number of hydrogen-bond donors (Lipinski definition) is 2. The van der Waals surface area contributed by atoms with E-state index in [2.05, 4.69) is 10.6 Å². The van der Waals surface area contributed by atoms with Crippen molar-refractivity contribution in [3.05, 3.63) is 54.6 Å². The van der Waals surface area contributed by atoms with Crippen LogP contribution in [0.25, 0.3) is 0 Å². The lowest BCUT2D eigenvalue weighted by molar-refractivity contribution is -0.313. The zero-order valence-corrected chi connectivity index (χ0v) is 13.9. The molecular weight excluding hydrogens is 316 g/mol. The molecule has 2 aromatic carbocycles. The van der Waals surface area contributed by atoms with E-state index in [0.717, 1.165) is 24.2 Å². The van der Waals surface area contributed by atoms with Gasteiger partial charge >= 0.3 is 0 Å². The van der Waals surface area contributed by atoms with Gasteiger partial charge in [-0.05, 0) is 49.2 Å². The zero-order chi connectivity index (χ0) is 17.6. The average molecular weight is 337 g/mol. The molecule has 5 nitrogen and oxygen atoms in total. The SMILES string of the molecule is O=C([O-])[C@H]1CCCC[C@@H]1C(=O)Nc1ccc(Nc2ccccc2)cc1. The highest BCUT2D eigenvalue weighted by Gasteiger charge is 2.31. The highest BCUT2D eigenvalue weighted by Crippen LogP contribution is 2.31. The van der Waals surface area contributed by atoms with Gasteiger partial charge in [-0.25, -0.2) is 0 Å². The first-order chi connectivity index (χ1) is 12.1. The lowest BCUT2D eigenvalue weighted by atomic mass is 9.78. The lowest BCUT2D eigenvalue weighted by Crippen LogP contribution is -2.42. The summed E-state index contributed by atoms with van der Waals surface area (Å²) in [4.78, 5) is 23.7. The molecule has 3 rings (SSSR count). The Labute approximate surface area is 147 Å². The number of rotatable bonds is 5. The Balaban J connectivity index is 1.62. The van der Waals surface area contributed by atoms with E-state index in [9.17, 15) is 14.7 Å². The minimum atomic E-state index is -1.12. The van der Waals surface area contributed by atoms with Crippen LogP contribution in [0, 0.1) is 11.8 Å². The van der Waals surface area contributed by atoms with Crippen molar-refractivity contribution >= 4 is 28.9 Å². The van der Waals surface area contributed by atoms with Gasteiger partial charge in [0.1, 0.15) is 0 Å². The number of carbonyl (C=O) groups is 2. The molecule has 0 unspecified atom stereocenters. The van der Waals surface area contributed by atoms with Gasteiger partial charge in [0, 0.05) is 34.9 Å². The Bertz CT molecular complexity index is 728. The van der Waals surface area contributed by atoms with Crippen molar-refractivity contribution in [1.82, 2.24) is 0 Å². The predicted octanol–water partition coefficient (Wildman–Crippen LogP) is 2.93. The summed E-state index contributed by atoms with van der Waals surface area (Å²) < 4.78 is 0. The van der Waals surface area contributed by atoms with Crippen molar-refractivity contribution in [3.8, 4) is 0 Å². The van der Waals surface area contributed by atoms with E-state index in [-0.39, 0.29) is 5.91 Å². The van der Waals surface area contributed by atoms with E-state index in [4.69, 9.17) is 0 Å². The van der Waals surface area contributed by atoms with Crippen molar-refractivity contribution < 1.29 is 14.7 Å². The number of carboxylic acids is 1. The topological polar surface area (TPSA) is 81.3 Å². The molecule has 0 spiro atoms. The predicted molar refractivity (Wildman–Crippen MR) is 95.3 cm³/mol. The van der Waals surface area contributed by atoms with E-state index < -0.39 is 17.8 Å². The molecule has 1 fully saturated rings. The smallest absolute Gasteiger partial charge is 0.228 e. The summed E-state index contributed by atoms with van der Waals surface area (Å²) in [6.45, 7) is 0. The van der Waals surface area contributed by atoms with Gasteiger partial charge in [-0.2, -0.15) is 0 Å². The summed E-state index contributed by atoms with van der Waals surface area (Å²) in [5, 5.41) is 17.3. The second-order valence-electron chi connectivity index (χ2n) is 6.37. The van der Waals surface area contributed by atoms with Crippen LogP contribution in [-0.2, 0) is 9.59 Å². The molecule has 2 N–H and O–H groups in total. The van der Waals surface area contributed by atoms with Gasteiger partial charge in [-0.15, -0.1) is 0 Å². The van der Waals surface area contributed by atoms with Gasteiger partial charge < -0.3 is 20.5 Å². The summed E-state index contributed by atoms with van der Waals surface area (Å²) >= 11 is 0. The Morgan fingerprint density at radius 3 is 2.00 bits per heavy atom. The van der Waals surface area contributed by atoms with Crippen molar-refractivity contribution in [1.29, 1.82) is 0 Å². The van der Waals surface area contributed by atoms with Crippen LogP contribution in [0.3, 0.4) is 0 Å². The van der Waals surface area contributed by atoms with Crippen LogP contribution in [-0.4, -0.2) is 11.9 Å².